The first-order valence-electron chi connectivity index (χ1n) is 5.54. The molecule has 1 aromatic rings. The minimum absolute atomic E-state index is 0.345. The molecule has 3 N–H and O–H groups in total. The summed E-state index contributed by atoms with van der Waals surface area (Å²) in [6.45, 7) is -2.45. The molecule has 0 amide bonds. The Morgan fingerprint density at radius 1 is 1.50 bits per heavy atom. The minimum atomic E-state index is -2.29. The Morgan fingerprint density at radius 3 is 2.65 bits per heavy atom. The first-order valence-corrected chi connectivity index (χ1v) is 5.54. The van der Waals surface area contributed by atoms with Crippen LogP contribution in [0.15, 0.2) is 15.8 Å². The summed E-state index contributed by atoms with van der Waals surface area (Å²) in [6.07, 6.45) is -5.83. The van der Waals surface area contributed by atoms with E-state index in [1.165, 1.54) is 0 Å². The number of aromatic nitrogens is 2. The van der Waals surface area contributed by atoms with Crippen LogP contribution in [0.4, 0.5) is 13.2 Å². The molecule has 1 saturated heterocycles. The van der Waals surface area contributed by atoms with Crippen molar-refractivity contribution >= 4 is 0 Å². The number of nitrogens with zero attached hydrogens (tertiary/aromatic N) is 1. The van der Waals surface area contributed by atoms with E-state index in [1.54, 1.807) is 4.98 Å². The van der Waals surface area contributed by atoms with Gasteiger partial charge in [0.15, 0.2) is 18.0 Å². The standard InChI is InChI=1S/C10H11F3N2O5/c11-2-10(3-16)6(17)5(13)8(20-10)15-1-4(12)7(18)14-9(15)19/h1,5-6,8,16-17H,2-3H2,(H,14,18,19)/t5-,6+,8-,10-/m1/s1. The van der Waals surface area contributed by atoms with Crippen LogP contribution in [0, 0.1) is 5.82 Å². The van der Waals surface area contributed by atoms with Gasteiger partial charge < -0.3 is 14.9 Å². The Labute approximate surface area is 109 Å². The van der Waals surface area contributed by atoms with Gasteiger partial charge in [0.05, 0.1) is 12.8 Å². The second-order valence-electron chi connectivity index (χ2n) is 4.40. The number of ether oxygens (including phenoxy) is 1. The molecule has 1 aromatic heterocycles. The molecule has 20 heavy (non-hydrogen) atoms. The lowest BCUT2D eigenvalue weighted by molar-refractivity contribution is -0.138. The topological polar surface area (TPSA) is 105 Å². The lowest BCUT2D eigenvalue weighted by atomic mass is 9.98. The summed E-state index contributed by atoms with van der Waals surface area (Å²) in [5.74, 6) is -1.38. The van der Waals surface area contributed by atoms with Crippen molar-refractivity contribution in [2.24, 2.45) is 0 Å². The number of aliphatic hydroxyl groups is 2. The number of halogens is 3. The third-order valence-electron chi connectivity index (χ3n) is 3.16. The van der Waals surface area contributed by atoms with E-state index in [1.807, 2.05) is 0 Å². The van der Waals surface area contributed by atoms with Crippen LogP contribution in [-0.2, 0) is 4.74 Å². The van der Waals surface area contributed by atoms with Crippen LogP contribution in [-0.4, -0.2) is 50.9 Å². The zero-order chi connectivity index (χ0) is 15.1. The monoisotopic (exact) mass is 296 g/mol. The molecule has 2 heterocycles. The van der Waals surface area contributed by atoms with Gasteiger partial charge in [-0.1, -0.05) is 0 Å². The third-order valence-corrected chi connectivity index (χ3v) is 3.16. The Hall–Kier alpha value is -1.65. The molecule has 0 aliphatic carbocycles. The van der Waals surface area contributed by atoms with Crippen molar-refractivity contribution in [3.05, 3.63) is 32.9 Å². The van der Waals surface area contributed by atoms with Gasteiger partial charge in [0.2, 0.25) is 5.82 Å². The first kappa shape index (κ1) is 14.8. The minimum Gasteiger partial charge on any atom is -0.393 e. The first-order chi connectivity index (χ1) is 9.36. The maximum absolute atomic E-state index is 13.9. The second kappa shape index (κ2) is 5.04. The Morgan fingerprint density at radius 2 is 2.15 bits per heavy atom. The number of hydrogen-bond acceptors (Lipinski definition) is 5. The highest BCUT2D eigenvalue weighted by Crippen LogP contribution is 2.38. The van der Waals surface area contributed by atoms with E-state index in [9.17, 15) is 27.9 Å². The van der Waals surface area contributed by atoms with Crippen LogP contribution in [0.1, 0.15) is 6.23 Å². The quantitative estimate of drug-likeness (QED) is 0.636. The molecule has 1 aliphatic rings. The van der Waals surface area contributed by atoms with E-state index in [0.29, 0.717) is 10.8 Å². The summed E-state index contributed by atoms with van der Waals surface area (Å²) in [5.41, 5.74) is -4.74. The lowest BCUT2D eigenvalue weighted by Crippen LogP contribution is -2.47. The summed E-state index contributed by atoms with van der Waals surface area (Å²) in [7, 11) is 0. The SMILES string of the molecule is O=c1[nH]c(=O)n([C@@H]2O[C@@](CO)(CF)[C@@H](O)[C@H]2F)cc1F. The van der Waals surface area contributed by atoms with Gasteiger partial charge in [0.1, 0.15) is 12.8 Å². The molecule has 1 fully saturated rings. The van der Waals surface area contributed by atoms with Gasteiger partial charge in [-0.3, -0.25) is 14.3 Å². The number of nitrogens with one attached hydrogen (secondary N) is 1. The molecule has 7 nitrogen and oxygen atoms in total. The number of alkyl halides is 2. The number of H-pyrrole nitrogens is 1. The fraction of sp³-hybridized carbons (Fsp3) is 0.600. The van der Waals surface area contributed by atoms with Crippen molar-refractivity contribution in [1.29, 1.82) is 0 Å². The van der Waals surface area contributed by atoms with E-state index in [-0.39, 0.29) is 0 Å². The van der Waals surface area contributed by atoms with E-state index in [4.69, 9.17) is 9.84 Å². The Bertz CT molecular complexity index is 612. The zero-order valence-electron chi connectivity index (χ0n) is 9.92. The molecule has 10 heteroatoms. The molecular weight excluding hydrogens is 285 g/mol. The van der Waals surface area contributed by atoms with Crippen LogP contribution in [0.3, 0.4) is 0 Å². The highest BCUT2D eigenvalue weighted by molar-refractivity contribution is 5.02. The molecule has 0 aromatic carbocycles. The van der Waals surface area contributed by atoms with Crippen molar-refractivity contribution in [2.45, 2.75) is 24.1 Å². The van der Waals surface area contributed by atoms with Crippen LogP contribution in [0.2, 0.25) is 0 Å². The fourth-order valence-corrected chi connectivity index (χ4v) is 1.96. The van der Waals surface area contributed by atoms with Gasteiger partial charge in [-0.05, 0) is 0 Å². The van der Waals surface area contributed by atoms with E-state index in [2.05, 4.69) is 0 Å². The van der Waals surface area contributed by atoms with Gasteiger partial charge in [0, 0.05) is 0 Å². The van der Waals surface area contributed by atoms with Crippen LogP contribution < -0.4 is 11.2 Å². The number of rotatable bonds is 3. The lowest BCUT2D eigenvalue weighted by Gasteiger charge is -2.25. The van der Waals surface area contributed by atoms with Gasteiger partial charge in [0.25, 0.3) is 5.56 Å². The van der Waals surface area contributed by atoms with Crippen LogP contribution >= 0.6 is 0 Å². The van der Waals surface area contributed by atoms with Gasteiger partial charge >= 0.3 is 5.69 Å². The molecule has 0 saturated carbocycles. The molecule has 0 spiro atoms. The van der Waals surface area contributed by atoms with Crippen molar-refractivity contribution < 1.29 is 28.1 Å². The van der Waals surface area contributed by atoms with Gasteiger partial charge in [-0.15, -0.1) is 0 Å². The Balaban J connectivity index is 2.47. The van der Waals surface area contributed by atoms with E-state index >= 15 is 0 Å². The fourth-order valence-electron chi connectivity index (χ4n) is 1.96. The van der Waals surface area contributed by atoms with Crippen molar-refractivity contribution in [1.82, 2.24) is 9.55 Å². The van der Waals surface area contributed by atoms with Crippen molar-refractivity contribution in [3.8, 4) is 0 Å². The largest absolute Gasteiger partial charge is 0.393 e. The molecule has 0 unspecified atom stereocenters. The molecule has 0 bridgehead atoms. The second-order valence-corrected chi connectivity index (χ2v) is 4.40. The van der Waals surface area contributed by atoms with Crippen LogP contribution in [0.5, 0.6) is 0 Å². The van der Waals surface area contributed by atoms with Crippen LogP contribution in [0.25, 0.3) is 0 Å². The smallest absolute Gasteiger partial charge is 0.330 e. The Kier molecular flexibility index (Phi) is 3.71. The highest BCUT2D eigenvalue weighted by atomic mass is 19.1. The number of aliphatic hydroxyl groups excluding tert-OH is 2. The average Bonchev–Trinajstić information content (AvgIpc) is 2.68. The highest BCUT2D eigenvalue weighted by Gasteiger charge is 2.56. The predicted molar refractivity (Wildman–Crippen MR) is 58.1 cm³/mol. The summed E-state index contributed by atoms with van der Waals surface area (Å²) >= 11 is 0. The summed E-state index contributed by atoms with van der Waals surface area (Å²) in [5, 5.41) is 18.6. The third kappa shape index (κ3) is 2.05. The summed E-state index contributed by atoms with van der Waals surface area (Å²) in [4.78, 5) is 23.9. The molecule has 4 atom stereocenters. The maximum atomic E-state index is 13.9. The molecule has 1 aliphatic heterocycles. The van der Waals surface area contributed by atoms with Crippen molar-refractivity contribution in [2.75, 3.05) is 13.3 Å². The van der Waals surface area contributed by atoms with E-state index < -0.39 is 54.5 Å². The van der Waals surface area contributed by atoms with Crippen molar-refractivity contribution in [3.63, 3.8) is 0 Å². The summed E-state index contributed by atoms with van der Waals surface area (Å²) in [6, 6.07) is 0. The number of aromatic amines is 1. The molecule has 2 rings (SSSR count). The average molecular weight is 296 g/mol. The predicted octanol–water partition coefficient (Wildman–Crippen LogP) is -1.40. The molecule has 112 valence electrons. The zero-order valence-corrected chi connectivity index (χ0v) is 9.92. The number of hydrogen-bond donors (Lipinski definition) is 3. The van der Waals surface area contributed by atoms with Gasteiger partial charge in [-0.25, -0.2) is 13.6 Å². The van der Waals surface area contributed by atoms with Gasteiger partial charge in [-0.2, -0.15) is 4.39 Å². The maximum Gasteiger partial charge on any atom is 0.330 e. The molecular formula is C10H11F3N2O5. The normalized spacial score (nSPS) is 33.5. The summed E-state index contributed by atoms with van der Waals surface area (Å²) < 4.78 is 45.1. The van der Waals surface area contributed by atoms with E-state index in [0.717, 1.165) is 0 Å². The molecule has 0 radical (unpaired) electrons.